The van der Waals surface area contributed by atoms with E-state index in [0.717, 1.165) is 0 Å². The number of aromatic nitrogens is 1. The summed E-state index contributed by atoms with van der Waals surface area (Å²) >= 11 is 0. The number of aryl methyl sites for hydroxylation is 1. The lowest BCUT2D eigenvalue weighted by Gasteiger charge is -2.34. The molecule has 0 aromatic carbocycles. The normalized spacial score (nSPS) is 15.0. The highest BCUT2D eigenvalue weighted by Gasteiger charge is 2.24. The Bertz CT molecular complexity index is 592. The van der Waals surface area contributed by atoms with Crippen LogP contribution in [0.5, 0.6) is 0 Å². The fourth-order valence-corrected chi connectivity index (χ4v) is 2.29. The Balaban J connectivity index is 2.09. The van der Waals surface area contributed by atoms with Gasteiger partial charge in [0.15, 0.2) is 0 Å². The average Bonchev–Trinajstić information content (AvgIpc) is 2.46. The molecule has 0 aliphatic carbocycles. The summed E-state index contributed by atoms with van der Waals surface area (Å²) in [6.07, 6.45) is 0. The van der Waals surface area contributed by atoms with Gasteiger partial charge in [0.1, 0.15) is 5.69 Å². The van der Waals surface area contributed by atoms with Gasteiger partial charge in [0.05, 0.1) is 11.3 Å². The minimum Gasteiger partial charge on any atom is -0.478 e. The second kappa shape index (κ2) is 5.90. The largest absolute Gasteiger partial charge is 0.478 e. The molecule has 0 unspecified atom stereocenters. The summed E-state index contributed by atoms with van der Waals surface area (Å²) in [5, 5.41) is 8.95. The van der Waals surface area contributed by atoms with Crippen LogP contribution in [0.1, 0.15) is 33.5 Å². The van der Waals surface area contributed by atoms with E-state index in [1.165, 1.54) is 19.1 Å². The van der Waals surface area contributed by atoms with Gasteiger partial charge in [-0.1, -0.05) is 0 Å². The number of hydrogen-bond acceptors (Lipinski definition) is 4. The number of carbonyl (C=O) groups excluding carboxylic acids is 2. The maximum Gasteiger partial charge on any atom is 0.337 e. The molecule has 7 heteroatoms. The molecule has 0 atom stereocenters. The fraction of sp³-hybridized carbons (Fsp3) is 0.429. The summed E-state index contributed by atoms with van der Waals surface area (Å²) in [5.74, 6) is -1.30. The van der Waals surface area contributed by atoms with E-state index in [9.17, 15) is 14.4 Å². The molecular formula is C14H17N3O4. The molecule has 0 radical (unpaired) electrons. The zero-order valence-electron chi connectivity index (χ0n) is 12.0. The highest BCUT2D eigenvalue weighted by molar-refractivity contribution is 5.94. The summed E-state index contributed by atoms with van der Waals surface area (Å²) in [7, 11) is 0. The van der Waals surface area contributed by atoms with Gasteiger partial charge in [-0.25, -0.2) is 9.78 Å². The quantitative estimate of drug-likeness (QED) is 0.851. The van der Waals surface area contributed by atoms with Crippen LogP contribution in [0.3, 0.4) is 0 Å². The smallest absolute Gasteiger partial charge is 0.337 e. The molecule has 1 N–H and O–H groups in total. The van der Waals surface area contributed by atoms with E-state index in [0.29, 0.717) is 31.9 Å². The van der Waals surface area contributed by atoms with Crippen LogP contribution in [0.25, 0.3) is 0 Å². The third-order valence-electron chi connectivity index (χ3n) is 3.55. The van der Waals surface area contributed by atoms with Crippen molar-refractivity contribution in [2.75, 3.05) is 26.2 Å². The Morgan fingerprint density at radius 1 is 1.10 bits per heavy atom. The molecule has 112 valence electrons. The van der Waals surface area contributed by atoms with Gasteiger partial charge in [0.25, 0.3) is 5.91 Å². The lowest BCUT2D eigenvalue weighted by atomic mass is 10.1. The zero-order valence-corrected chi connectivity index (χ0v) is 12.0. The van der Waals surface area contributed by atoms with Crippen LogP contribution < -0.4 is 0 Å². The standard InChI is InChI=1S/C14H17N3O4/c1-9-11(14(20)21)3-4-12(15-9)13(19)17-7-5-16(6-8-17)10(2)18/h3-4H,5-8H2,1-2H3,(H,20,21). The van der Waals surface area contributed by atoms with Crippen molar-refractivity contribution < 1.29 is 19.5 Å². The van der Waals surface area contributed by atoms with Crippen molar-refractivity contribution in [2.24, 2.45) is 0 Å². The first-order valence-corrected chi connectivity index (χ1v) is 6.66. The first kappa shape index (κ1) is 15.0. The van der Waals surface area contributed by atoms with E-state index >= 15 is 0 Å². The molecule has 2 amide bonds. The number of aromatic carboxylic acids is 1. The van der Waals surface area contributed by atoms with Crippen molar-refractivity contribution in [3.63, 3.8) is 0 Å². The number of piperazine rings is 1. The first-order chi connectivity index (χ1) is 9.90. The van der Waals surface area contributed by atoms with E-state index in [2.05, 4.69) is 4.98 Å². The number of amides is 2. The first-order valence-electron chi connectivity index (χ1n) is 6.66. The predicted molar refractivity (Wildman–Crippen MR) is 74.1 cm³/mol. The van der Waals surface area contributed by atoms with E-state index < -0.39 is 5.97 Å². The predicted octanol–water partition coefficient (Wildman–Crippen LogP) is 0.393. The highest BCUT2D eigenvalue weighted by Crippen LogP contribution is 2.11. The molecular weight excluding hydrogens is 274 g/mol. The third kappa shape index (κ3) is 3.18. The molecule has 7 nitrogen and oxygen atoms in total. The van der Waals surface area contributed by atoms with Crippen molar-refractivity contribution in [2.45, 2.75) is 13.8 Å². The van der Waals surface area contributed by atoms with Crippen LogP contribution in [0.4, 0.5) is 0 Å². The van der Waals surface area contributed by atoms with E-state index in [1.54, 1.807) is 16.7 Å². The molecule has 1 aromatic heterocycles. The van der Waals surface area contributed by atoms with Crippen molar-refractivity contribution >= 4 is 17.8 Å². The minimum atomic E-state index is -1.06. The molecule has 1 saturated heterocycles. The third-order valence-corrected chi connectivity index (χ3v) is 3.55. The van der Waals surface area contributed by atoms with Gasteiger partial charge in [0, 0.05) is 33.1 Å². The van der Waals surface area contributed by atoms with Gasteiger partial charge in [0.2, 0.25) is 5.91 Å². The van der Waals surface area contributed by atoms with Crippen molar-refractivity contribution in [3.8, 4) is 0 Å². The van der Waals surface area contributed by atoms with Crippen molar-refractivity contribution in [3.05, 3.63) is 29.1 Å². The molecule has 1 fully saturated rings. The number of carboxylic acid groups (broad SMARTS) is 1. The van der Waals surface area contributed by atoms with Crippen LogP contribution in [0, 0.1) is 6.92 Å². The van der Waals surface area contributed by atoms with Crippen LogP contribution in [0.2, 0.25) is 0 Å². The second-order valence-electron chi connectivity index (χ2n) is 4.93. The van der Waals surface area contributed by atoms with Crippen molar-refractivity contribution in [1.29, 1.82) is 0 Å². The molecule has 0 bridgehead atoms. The molecule has 0 spiro atoms. The van der Waals surface area contributed by atoms with E-state index in [1.807, 2.05) is 0 Å². The number of carbonyl (C=O) groups is 3. The maximum absolute atomic E-state index is 12.3. The molecule has 1 aromatic rings. The highest BCUT2D eigenvalue weighted by atomic mass is 16.4. The SMILES string of the molecule is CC(=O)N1CCN(C(=O)c2ccc(C(=O)O)c(C)n2)CC1. The van der Waals surface area contributed by atoms with Crippen LogP contribution in [-0.2, 0) is 4.79 Å². The molecule has 2 rings (SSSR count). The molecule has 0 saturated carbocycles. The van der Waals surface area contributed by atoms with Gasteiger partial charge >= 0.3 is 5.97 Å². The van der Waals surface area contributed by atoms with Crippen LogP contribution in [0.15, 0.2) is 12.1 Å². The maximum atomic E-state index is 12.3. The lowest BCUT2D eigenvalue weighted by Crippen LogP contribution is -2.50. The summed E-state index contributed by atoms with van der Waals surface area (Å²) in [4.78, 5) is 41.9. The summed E-state index contributed by atoms with van der Waals surface area (Å²) in [5.41, 5.74) is 0.637. The number of carboxylic acids is 1. The zero-order chi connectivity index (χ0) is 15.6. The Labute approximate surface area is 122 Å². The minimum absolute atomic E-state index is 0.00174. The number of nitrogens with zero attached hydrogens (tertiary/aromatic N) is 3. The number of hydrogen-bond donors (Lipinski definition) is 1. The van der Waals surface area contributed by atoms with E-state index in [-0.39, 0.29) is 23.1 Å². The average molecular weight is 291 g/mol. The van der Waals surface area contributed by atoms with Gasteiger partial charge in [-0.15, -0.1) is 0 Å². The monoisotopic (exact) mass is 291 g/mol. The summed E-state index contributed by atoms with van der Waals surface area (Å²) in [6.45, 7) is 5.00. The lowest BCUT2D eigenvalue weighted by molar-refractivity contribution is -0.130. The Morgan fingerprint density at radius 3 is 2.14 bits per heavy atom. The van der Waals surface area contributed by atoms with Crippen molar-refractivity contribution in [1.82, 2.24) is 14.8 Å². The Morgan fingerprint density at radius 2 is 1.67 bits per heavy atom. The topological polar surface area (TPSA) is 90.8 Å². The van der Waals surface area contributed by atoms with Gasteiger partial charge in [-0.3, -0.25) is 9.59 Å². The molecule has 1 aliphatic heterocycles. The summed E-state index contributed by atoms with van der Waals surface area (Å²) in [6, 6.07) is 2.82. The Hall–Kier alpha value is -2.44. The van der Waals surface area contributed by atoms with Gasteiger partial charge in [-0.05, 0) is 19.1 Å². The van der Waals surface area contributed by atoms with Crippen LogP contribution in [-0.4, -0.2) is 63.9 Å². The molecule has 2 heterocycles. The Kier molecular flexibility index (Phi) is 4.21. The molecule has 21 heavy (non-hydrogen) atoms. The molecule has 1 aliphatic rings. The van der Waals surface area contributed by atoms with Crippen LogP contribution >= 0.6 is 0 Å². The summed E-state index contributed by atoms with van der Waals surface area (Å²) < 4.78 is 0. The van der Waals surface area contributed by atoms with E-state index in [4.69, 9.17) is 5.11 Å². The fourth-order valence-electron chi connectivity index (χ4n) is 2.29. The van der Waals surface area contributed by atoms with Gasteiger partial charge < -0.3 is 14.9 Å². The number of pyridine rings is 1. The van der Waals surface area contributed by atoms with Gasteiger partial charge in [-0.2, -0.15) is 0 Å². The second-order valence-corrected chi connectivity index (χ2v) is 4.93. The number of rotatable bonds is 2.